The summed E-state index contributed by atoms with van der Waals surface area (Å²) in [6.07, 6.45) is 1.65. The first-order valence-corrected chi connectivity index (χ1v) is 3.38. The predicted molar refractivity (Wildman–Crippen MR) is 40.6 cm³/mol. The molecule has 0 saturated heterocycles. The largest absolute Gasteiger partial charge is 0.464 e. The molecule has 12 heavy (non-hydrogen) atoms. The summed E-state index contributed by atoms with van der Waals surface area (Å²) >= 11 is 0. The summed E-state index contributed by atoms with van der Waals surface area (Å²) in [5.41, 5.74) is 0.287. The summed E-state index contributed by atoms with van der Waals surface area (Å²) in [7, 11) is 2.87. The number of nitrogens with zero attached hydrogens (tertiary/aromatic N) is 2. The maximum absolute atomic E-state index is 10.9. The van der Waals surface area contributed by atoms with E-state index in [0.29, 0.717) is 6.73 Å². The molecule has 0 saturated carbocycles. The Hall–Kier alpha value is -1.36. The van der Waals surface area contributed by atoms with Crippen molar-refractivity contribution in [2.24, 2.45) is 0 Å². The zero-order valence-electron chi connectivity index (χ0n) is 6.98. The molecule has 1 aromatic heterocycles. The average molecular weight is 170 g/mol. The number of hydrogen-bond acceptors (Lipinski definition) is 4. The van der Waals surface area contributed by atoms with Crippen molar-refractivity contribution < 1.29 is 14.3 Å². The van der Waals surface area contributed by atoms with Crippen LogP contribution in [0.2, 0.25) is 0 Å². The van der Waals surface area contributed by atoms with Crippen LogP contribution in [0.1, 0.15) is 10.5 Å². The minimum atomic E-state index is -0.440. The van der Waals surface area contributed by atoms with Crippen LogP contribution in [0.4, 0.5) is 0 Å². The fourth-order valence-corrected chi connectivity index (χ4v) is 0.779. The molecule has 0 aliphatic carbocycles. The third-order valence-electron chi connectivity index (χ3n) is 1.30. The molecule has 0 aliphatic rings. The molecular weight excluding hydrogens is 160 g/mol. The highest BCUT2D eigenvalue weighted by atomic mass is 16.5. The van der Waals surface area contributed by atoms with Gasteiger partial charge in [-0.3, -0.25) is 0 Å². The fourth-order valence-electron chi connectivity index (χ4n) is 0.779. The lowest BCUT2D eigenvalue weighted by Crippen LogP contribution is -2.05. The van der Waals surface area contributed by atoms with Gasteiger partial charge in [0.15, 0.2) is 5.69 Å². The van der Waals surface area contributed by atoms with Crippen molar-refractivity contribution in [3.05, 3.63) is 18.0 Å². The molecule has 0 fully saturated rings. The van der Waals surface area contributed by atoms with E-state index in [4.69, 9.17) is 4.74 Å². The van der Waals surface area contributed by atoms with Gasteiger partial charge in [0.05, 0.1) is 7.11 Å². The molecule has 0 aromatic carbocycles. The Bertz CT molecular complexity index is 269. The van der Waals surface area contributed by atoms with E-state index in [0.717, 1.165) is 0 Å². The Morgan fingerprint density at radius 2 is 2.42 bits per heavy atom. The van der Waals surface area contributed by atoms with E-state index in [9.17, 15) is 4.79 Å². The molecule has 66 valence electrons. The van der Waals surface area contributed by atoms with Crippen LogP contribution in [-0.2, 0) is 16.2 Å². The maximum Gasteiger partial charge on any atom is 0.358 e. The molecule has 0 spiro atoms. The van der Waals surface area contributed by atoms with E-state index in [1.807, 2.05) is 0 Å². The van der Waals surface area contributed by atoms with Crippen LogP contribution in [0, 0.1) is 0 Å². The predicted octanol–water partition coefficient (Wildman–Crippen LogP) is 0.274. The lowest BCUT2D eigenvalue weighted by molar-refractivity contribution is 0.0589. The van der Waals surface area contributed by atoms with Gasteiger partial charge in [0.25, 0.3) is 0 Å². The van der Waals surface area contributed by atoms with E-state index in [1.165, 1.54) is 11.8 Å². The van der Waals surface area contributed by atoms with Gasteiger partial charge in [-0.2, -0.15) is 5.10 Å². The molecule has 0 N–H and O–H groups in total. The van der Waals surface area contributed by atoms with Crippen molar-refractivity contribution in [3.8, 4) is 0 Å². The van der Waals surface area contributed by atoms with Crippen LogP contribution >= 0.6 is 0 Å². The summed E-state index contributed by atoms with van der Waals surface area (Å²) in [4.78, 5) is 10.9. The number of aromatic nitrogens is 2. The topological polar surface area (TPSA) is 53.4 Å². The zero-order chi connectivity index (χ0) is 8.97. The van der Waals surface area contributed by atoms with Gasteiger partial charge in [-0.1, -0.05) is 0 Å². The number of methoxy groups -OCH3 is 2. The molecule has 0 bridgehead atoms. The highest BCUT2D eigenvalue weighted by Crippen LogP contribution is 1.97. The molecule has 5 nitrogen and oxygen atoms in total. The van der Waals surface area contributed by atoms with Gasteiger partial charge in [0.1, 0.15) is 6.73 Å². The molecule has 0 atom stereocenters. The van der Waals surface area contributed by atoms with E-state index in [-0.39, 0.29) is 5.69 Å². The Kier molecular flexibility index (Phi) is 2.82. The highest BCUT2D eigenvalue weighted by Gasteiger charge is 2.07. The van der Waals surface area contributed by atoms with Crippen LogP contribution < -0.4 is 0 Å². The van der Waals surface area contributed by atoms with Crippen molar-refractivity contribution in [2.75, 3.05) is 14.2 Å². The first-order valence-electron chi connectivity index (χ1n) is 3.38. The molecule has 0 amide bonds. The van der Waals surface area contributed by atoms with Crippen molar-refractivity contribution in [3.63, 3.8) is 0 Å². The fraction of sp³-hybridized carbons (Fsp3) is 0.429. The quantitative estimate of drug-likeness (QED) is 0.611. The second-order valence-corrected chi connectivity index (χ2v) is 2.15. The number of ether oxygens (including phenoxy) is 2. The first kappa shape index (κ1) is 8.73. The molecule has 5 heteroatoms. The Morgan fingerprint density at radius 3 is 3.00 bits per heavy atom. The van der Waals surface area contributed by atoms with Crippen molar-refractivity contribution in [1.82, 2.24) is 9.78 Å². The Balaban J connectivity index is 2.70. The van der Waals surface area contributed by atoms with Crippen LogP contribution in [0.3, 0.4) is 0 Å². The summed E-state index contributed by atoms with van der Waals surface area (Å²) < 4.78 is 10.8. The number of rotatable bonds is 3. The standard InChI is InChI=1S/C7H10N2O3/c1-11-5-9-4-3-6(8-9)7(10)12-2/h3-4H,5H2,1-2H3. The molecule has 0 unspecified atom stereocenters. The van der Waals surface area contributed by atoms with E-state index >= 15 is 0 Å². The van der Waals surface area contributed by atoms with Crippen molar-refractivity contribution in [2.45, 2.75) is 6.73 Å². The summed E-state index contributed by atoms with van der Waals surface area (Å²) in [5, 5.41) is 3.89. The second kappa shape index (κ2) is 3.87. The van der Waals surface area contributed by atoms with E-state index in [1.54, 1.807) is 19.4 Å². The third kappa shape index (κ3) is 1.82. The minimum Gasteiger partial charge on any atom is -0.464 e. The van der Waals surface area contributed by atoms with Gasteiger partial charge >= 0.3 is 5.97 Å². The Labute approximate surface area is 69.9 Å². The van der Waals surface area contributed by atoms with Gasteiger partial charge in [0, 0.05) is 13.3 Å². The van der Waals surface area contributed by atoms with E-state index in [2.05, 4.69) is 9.84 Å². The molecule has 1 heterocycles. The normalized spacial score (nSPS) is 9.83. The zero-order valence-corrected chi connectivity index (χ0v) is 6.98. The molecule has 1 rings (SSSR count). The number of carbonyl (C=O) groups is 1. The van der Waals surface area contributed by atoms with Crippen molar-refractivity contribution >= 4 is 5.97 Å². The number of carbonyl (C=O) groups excluding carboxylic acids is 1. The Morgan fingerprint density at radius 1 is 1.67 bits per heavy atom. The van der Waals surface area contributed by atoms with Gasteiger partial charge in [-0.05, 0) is 6.07 Å². The van der Waals surface area contributed by atoms with Crippen molar-refractivity contribution in [1.29, 1.82) is 0 Å². The monoisotopic (exact) mass is 170 g/mol. The highest BCUT2D eigenvalue weighted by molar-refractivity contribution is 5.86. The number of hydrogen-bond donors (Lipinski definition) is 0. The van der Waals surface area contributed by atoms with Crippen LogP contribution in [0.5, 0.6) is 0 Å². The second-order valence-electron chi connectivity index (χ2n) is 2.15. The minimum absolute atomic E-state index is 0.287. The lowest BCUT2D eigenvalue weighted by Gasteiger charge is -1.96. The SMILES string of the molecule is COCn1ccc(C(=O)OC)n1. The molecule has 1 aromatic rings. The molecular formula is C7H10N2O3. The summed E-state index contributed by atoms with van der Waals surface area (Å²) in [5.74, 6) is -0.440. The summed E-state index contributed by atoms with van der Waals surface area (Å²) in [6.45, 7) is 0.330. The van der Waals surface area contributed by atoms with Gasteiger partial charge in [0.2, 0.25) is 0 Å². The average Bonchev–Trinajstić information content (AvgIpc) is 2.52. The maximum atomic E-state index is 10.9. The molecule has 0 aliphatic heterocycles. The third-order valence-corrected chi connectivity index (χ3v) is 1.30. The lowest BCUT2D eigenvalue weighted by atomic mass is 10.4. The molecule has 0 radical (unpaired) electrons. The van der Waals surface area contributed by atoms with Gasteiger partial charge in [-0.15, -0.1) is 0 Å². The van der Waals surface area contributed by atoms with Crippen LogP contribution in [0.25, 0.3) is 0 Å². The smallest absolute Gasteiger partial charge is 0.358 e. The van der Waals surface area contributed by atoms with Gasteiger partial charge < -0.3 is 9.47 Å². The van der Waals surface area contributed by atoms with E-state index < -0.39 is 5.97 Å². The first-order chi connectivity index (χ1) is 5.77. The van der Waals surface area contributed by atoms with Crippen LogP contribution in [0.15, 0.2) is 12.3 Å². The van der Waals surface area contributed by atoms with Crippen LogP contribution in [-0.4, -0.2) is 30.0 Å². The summed E-state index contributed by atoms with van der Waals surface area (Å²) in [6, 6.07) is 1.57. The van der Waals surface area contributed by atoms with Gasteiger partial charge in [-0.25, -0.2) is 9.48 Å². The number of esters is 1.